The number of aryl methyl sites for hydroxylation is 1. The highest BCUT2D eigenvalue weighted by molar-refractivity contribution is 6.31. The highest BCUT2D eigenvalue weighted by atomic mass is 35.5. The Morgan fingerprint density at radius 2 is 2.00 bits per heavy atom. The number of hydrogen-bond donors (Lipinski definition) is 1. The molecule has 0 fully saturated rings. The van der Waals surface area contributed by atoms with Crippen molar-refractivity contribution in [2.45, 2.75) is 39.8 Å². The average Bonchev–Trinajstić information content (AvgIpc) is 3.28. The van der Waals surface area contributed by atoms with Crippen LogP contribution in [0.15, 0.2) is 36.9 Å². The Morgan fingerprint density at radius 3 is 2.79 bits per heavy atom. The van der Waals surface area contributed by atoms with Gasteiger partial charge in [0.15, 0.2) is 11.5 Å². The van der Waals surface area contributed by atoms with E-state index in [-0.39, 0.29) is 6.04 Å². The van der Waals surface area contributed by atoms with Gasteiger partial charge in [-0.3, -0.25) is 4.68 Å². The molecule has 9 heteroatoms. The van der Waals surface area contributed by atoms with Gasteiger partial charge in [0.1, 0.15) is 5.69 Å². The maximum Gasteiger partial charge on any atom is 0.164 e. The molecule has 4 aromatic heterocycles. The topological polar surface area (TPSA) is 86.3 Å². The maximum atomic E-state index is 6.03. The lowest BCUT2D eigenvalue weighted by molar-refractivity contribution is 0.579. The first-order valence-corrected chi connectivity index (χ1v) is 9.59. The molecule has 0 atom stereocenters. The van der Waals surface area contributed by atoms with Crippen LogP contribution in [-0.2, 0) is 6.54 Å². The summed E-state index contributed by atoms with van der Waals surface area (Å²) < 4.78 is 3.55. The monoisotopic (exact) mass is 396 g/mol. The highest BCUT2D eigenvalue weighted by Crippen LogP contribution is 2.29. The zero-order valence-corrected chi connectivity index (χ0v) is 16.7. The molecule has 1 N–H and O–H groups in total. The molecular formula is C19H21ClN8. The number of anilines is 1. The molecule has 0 bridgehead atoms. The van der Waals surface area contributed by atoms with E-state index in [1.165, 1.54) is 0 Å². The Hall–Kier alpha value is -3.00. The number of rotatable bonds is 6. The lowest BCUT2D eigenvalue weighted by atomic mass is 10.1. The number of halogens is 1. The molecule has 0 spiro atoms. The van der Waals surface area contributed by atoms with E-state index in [9.17, 15) is 0 Å². The molecule has 4 rings (SSSR count). The van der Waals surface area contributed by atoms with Crippen LogP contribution in [0.1, 0.15) is 27.2 Å². The second-order valence-corrected chi connectivity index (χ2v) is 7.31. The SMILES string of the molecule is CCCn1cc(-c2cnc(-n3ncc4cc(Cl)cnc43)cc2NC(C)C)nn1. The lowest BCUT2D eigenvalue weighted by Gasteiger charge is -2.14. The molecular weight excluding hydrogens is 376 g/mol. The molecule has 0 saturated heterocycles. The number of pyridine rings is 2. The van der Waals surface area contributed by atoms with Crippen molar-refractivity contribution in [1.82, 2.24) is 34.7 Å². The Labute approximate surface area is 167 Å². The Balaban J connectivity index is 1.79. The molecule has 0 aliphatic carbocycles. The van der Waals surface area contributed by atoms with E-state index >= 15 is 0 Å². The number of nitrogens with zero attached hydrogens (tertiary/aromatic N) is 7. The quantitative estimate of drug-likeness (QED) is 0.531. The summed E-state index contributed by atoms with van der Waals surface area (Å²) in [4.78, 5) is 9.00. The summed E-state index contributed by atoms with van der Waals surface area (Å²) in [5, 5.41) is 17.8. The molecule has 144 valence electrons. The normalized spacial score (nSPS) is 11.5. The number of fused-ring (bicyclic) bond motifs is 1. The van der Waals surface area contributed by atoms with Crippen LogP contribution in [0.2, 0.25) is 5.02 Å². The number of aromatic nitrogens is 7. The summed E-state index contributed by atoms with van der Waals surface area (Å²) in [5.74, 6) is 0.665. The van der Waals surface area contributed by atoms with Crippen LogP contribution in [0.3, 0.4) is 0 Å². The highest BCUT2D eigenvalue weighted by Gasteiger charge is 2.15. The molecule has 28 heavy (non-hydrogen) atoms. The van der Waals surface area contributed by atoms with Crippen molar-refractivity contribution in [3.8, 4) is 17.1 Å². The second kappa shape index (κ2) is 7.55. The van der Waals surface area contributed by atoms with E-state index in [0.29, 0.717) is 16.5 Å². The van der Waals surface area contributed by atoms with Crippen LogP contribution < -0.4 is 5.32 Å². The Kier molecular flexibility index (Phi) is 4.95. The smallest absolute Gasteiger partial charge is 0.164 e. The number of hydrogen-bond acceptors (Lipinski definition) is 6. The standard InChI is InChI=1S/C19H21ClN8/c1-4-5-27-11-17(25-26-27)15-10-21-18(7-16(15)24-12(2)3)28-19-13(8-23-28)6-14(20)9-22-19/h6-12H,4-5H2,1-3H3,(H,21,24). The third kappa shape index (κ3) is 3.55. The molecule has 4 aromatic rings. The summed E-state index contributed by atoms with van der Waals surface area (Å²) >= 11 is 6.03. The lowest BCUT2D eigenvalue weighted by Crippen LogP contribution is -2.12. The average molecular weight is 397 g/mol. The van der Waals surface area contributed by atoms with E-state index in [1.54, 1.807) is 23.3 Å². The summed E-state index contributed by atoms with van der Waals surface area (Å²) in [6, 6.07) is 4.03. The van der Waals surface area contributed by atoms with Crippen molar-refractivity contribution in [2.75, 3.05) is 5.32 Å². The molecule has 0 unspecified atom stereocenters. The van der Waals surface area contributed by atoms with Crippen molar-refractivity contribution in [3.05, 3.63) is 41.9 Å². The van der Waals surface area contributed by atoms with Gasteiger partial charge in [-0.2, -0.15) is 9.78 Å². The molecule has 0 radical (unpaired) electrons. The molecule has 0 amide bonds. The van der Waals surface area contributed by atoms with Gasteiger partial charge in [-0.05, 0) is 26.3 Å². The van der Waals surface area contributed by atoms with E-state index in [0.717, 1.165) is 35.3 Å². The molecule has 8 nitrogen and oxygen atoms in total. The summed E-state index contributed by atoms with van der Waals surface area (Å²) in [6.07, 6.45) is 8.08. The summed E-state index contributed by atoms with van der Waals surface area (Å²) in [6.45, 7) is 7.12. The van der Waals surface area contributed by atoms with Gasteiger partial charge in [-0.15, -0.1) is 5.10 Å². The zero-order valence-electron chi connectivity index (χ0n) is 16.0. The minimum atomic E-state index is 0.242. The van der Waals surface area contributed by atoms with Crippen molar-refractivity contribution in [1.29, 1.82) is 0 Å². The van der Waals surface area contributed by atoms with E-state index in [4.69, 9.17) is 11.6 Å². The van der Waals surface area contributed by atoms with Gasteiger partial charge in [-0.1, -0.05) is 23.7 Å². The van der Waals surface area contributed by atoms with E-state index in [1.807, 2.05) is 23.0 Å². The molecule has 0 aliphatic rings. The maximum absolute atomic E-state index is 6.03. The minimum Gasteiger partial charge on any atom is -0.382 e. The first-order valence-electron chi connectivity index (χ1n) is 9.22. The predicted octanol–water partition coefficient (Wildman–Crippen LogP) is 3.96. The third-order valence-corrected chi connectivity index (χ3v) is 4.40. The fraction of sp³-hybridized carbons (Fsp3) is 0.316. The van der Waals surface area contributed by atoms with Gasteiger partial charge in [0.05, 0.1) is 17.4 Å². The van der Waals surface area contributed by atoms with Crippen LogP contribution in [0.4, 0.5) is 5.69 Å². The van der Waals surface area contributed by atoms with Crippen molar-refractivity contribution >= 4 is 28.3 Å². The second-order valence-electron chi connectivity index (χ2n) is 6.88. The van der Waals surface area contributed by atoms with Crippen LogP contribution in [0, 0.1) is 0 Å². The van der Waals surface area contributed by atoms with Crippen molar-refractivity contribution in [2.24, 2.45) is 0 Å². The van der Waals surface area contributed by atoms with Crippen LogP contribution in [0.25, 0.3) is 28.1 Å². The fourth-order valence-electron chi connectivity index (χ4n) is 3.02. The molecule has 4 heterocycles. The van der Waals surface area contributed by atoms with Gasteiger partial charge in [0, 0.05) is 47.7 Å². The van der Waals surface area contributed by atoms with Gasteiger partial charge >= 0.3 is 0 Å². The third-order valence-electron chi connectivity index (χ3n) is 4.19. The van der Waals surface area contributed by atoms with Crippen LogP contribution >= 0.6 is 11.6 Å². The fourth-order valence-corrected chi connectivity index (χ4v) is 3.18. The Morgan fingerprint density at radius 1 is 1.14 bits per heavy atom. The Bertz CT molecular complexity index is 1110. The van der Waals surface area contributed by atoms with E-state index in [2.05, 4.69) is 51.5 Å². The minimum absolute atomic E-state index is 0.242. The molecule has 0 saturated carbocycles. The zero-order chi connectivity index (χ0) is 19.7. The van der Waals surface area contributed by atoms with Gasteiger partial charge in [-0.25, -0.2) is 9.97 Å². The molecule has 0 aliphatic heterocycles. The first-order chi connectivity index (χ1) is 13.5. The van der Waals surface area contributed by atoms with Crippen molar-refractivity contribution < 1.29 is 0 Å². The van der Waals surface area contributed by atoms with Crippen molar-refractivity contribution in [3.63, 3.8) is 0 Å². The summed E-state index contributed by atoms with van der Waals surface area (Å²) in [7, 11) is 0. The summed E-state index contributed by atoms with van der Waals surface area (Å²) in [5.41, 5.74) is 3.30. The number of nitrogens with one attached hydrogen (secondary N) is 1. The van der Waals surface area contributed by atoms with Gasteiger partial charge in [0.25, 0.3) is 0 Å². The first kappa shape index (κ1) is 18.4. The van der Waals surface area contributed by atoms with Crippen LogP contribution in [0.5, 0.6) is 0 Å². The van der Waals surface area contributed by atoms with E-state index < -0.39 is 0 Å². The largest absolute Gasteiger partial charge is 0.382 e. The van der Waals surface area contributed by atoms with Gasteiger partial charge < -0.3 is 5.32 Å². The predicted molar refractivity (Wildman–Crippen MR) is 110 cm³/mol. The van der Waals surface area contributed by atoms with Crippen LogP contribution in [-0.4, -0.2) is 40.8 Å². The van der Waals surface area contributed by atoms with Gasteiger partial charge in [0.2, 0.25) is 0 Å². The molecule has 0 aromatic carbocycles.